The second-order valence-electron chi connectivity index (χ2n) is 7.99. The number of nitrogens with zero attached hydrogens (tertiary/aromatic N) is 2. The monoisotopic (exact) mass is 483 g/mol. The van der Waals surface area contributed by atoms with Gasteiger partial charge in [0, 0.05) is 10.9 Å². The largest absolute Gasteiger partial charge is 0.494 e. The van der Waals surface area contributed by atoms with Crippen molar-refractivity contribution in [3.05, 3.63) is 83.9 Å². The predicted octanol–water partition coefficient (Wildman–Crippen LogP) is 5.86. The summed E-state index contributed by atoms with van der Waals surface area (Å²) in [6.07, 6.45) is 2.49. The molecule has 184 valence electrons. The lowest BCUT2D eigenvalue weighted by molar-refractivity contribution is 0.0956. The number of carbonyl (C=O) groups excluding carboxylic acids is 1. The first-order valence-electron chi connectivity index (χ1n) is 11.9. The van der Waals surface area contributed by atoms with Crippen LogP contribution in [0.5, 0.6) is 17.2 Å². The summed E-state index contributed by atoms with van der Waals surface area (Å²) in [6, 6.07) is 22.5. The van der Waals surface area contributed by atoms with Crippen LogP contribution in [0.2, 0.25) is 0 Å². The highest BCUT2D eigenvalue weighted by Crippen LogP contribution is 2.28. The van der Waals surface area contributed by atoms with Crippen molar-refractivity contribution in [3.63, 3.8) is 0 Å². The van der Waals surface area contributed by atoms with Crippen LogP contribution in [0.1, 0.15) is 36.2 Å². The average molecular weight is 484 g/mol. The second-order valence-corrected chi connectivity index (χ2v) is 7.99. The summed E-state index contributed by atoms with van der Waals surface area (Å²) in [5, 5.41) is 4.91. The molecule has 36 heavy (non-hydrogen) atoms. The first-order valence-corrected chi connectivity index (χ1v) is 11.9. The van der Waals surface area contributed by atoms with E-state index in [1.807, 2.05) is 67.6 Å². The van der Waals surface area contributed by atoms with Crippen molar-refractivity contribution in [2.24, 2.45) is 5.10 Å². The van der Waals surface area contributed by atoms with Crippen molar-refractivity contribution in [1.82, 2.24) is 10.4 Å². The van der Waals surface area contributed by atoms with Crippen molar-refractivity contribution in [2.45, 2.75) is 20.3 Å². The molecule has 0 radical (unpaired) electrons. The minimum atomic E-state index is -0.331. The van der Waals surface area contributed by atoms with Gasteiger partial charge in [-0.25, -0.2) is 10.4 Å². The molecule has 0 fully saturated rings. The lowest BCUT2D eigenvalue weighted by atomic mass is 10.0. The number of para-hydroxylation sites is 1. The summed E-state index contributed by atoms with van der Waals surface area (Å²) in [5.41, 5.74) is 6.16. The standard InChI is InChI=1S/C29H29N3O4/c1-4-15-36-22-10-8-9-21(17-22)26-18-24(23-11-6-7-12-25(23)31-26)29(33)32-30-19-20-13-14-27(35-5-2)28(16-20)34-3/h6-14,16-19H,4-5,15H2,1-3H3,(H,32,33)/b30-19-. The molecular weight excluding hydrogens is 454 g/mol. The topological polar surface area (TPSA) is 82.0 Å². The highest BCUT2D eigenvalue weighted by atomic mass is 16.5. The molecule has 1 heterocycles. The van der Waals surface area contributed by atoms with Crippen LogP contribution in [-0.4, -0.2) is 37.4 Å². The minimum absolute atomic E-state index is 0.331. The summed E-state index contributed by atoms with van der Waals surface area (Å²) < 4.78 is 16.7. The number of amides is 1. The Balaban J connectivity index is 1.60. The number of pyridine rings is 1. The van der Waals surface area contributed by atoms with Crippen LogP contribution in [0.25, 0.3) is 22.2 Å². The summed E-state index contributed by atoms with van der Waals surface area (Å²) in [4.78, 5) is 18.0. The molecular formula is C29H29N3O4. The van der Waals surface area contributed by atoms with Gasteiger partial charge >= 0.3 is 0 Å². The highest BCUT2D eigenvalue weighted by molar-refractivity contribution is 6.07. The number of benzene rings is 3. The number of hydrazone groups is 1. The molecule has 1 N–H and O–H groups in total. The number of aromatic nitrogens is 1. The van der Waals surface area contributed by atoms with Crippen molar-refractivity contribution in [1.29, 1.82) is 0 Å². The van der Waals surface area contributed by atoms with Gasteiger partial charge in [0.2, 0.25) is 0 Å². The van der Waals surface area contributed by atoms with Gasteiger partial charge in [0.25, 0.3) is 5.91 Å². The maximum absolute atomic E-state index is 13.2. The second kappa shape index (κ2) is 11.8. The van der Waals surface area contributed by atoms with Crippen LogP contribution in [0, 0.1) is 0 Å². The predicted molar refractivity (Wildman–Crippen MR) is 142 cm³/mol. The molecule has 0 spiro atoms. The normalized spacial score (nSPS) is 11.0. The Morgan fingerprint density at radius 3 is 2.64 bits per heavy atom. The zero-order valence-corrected chi connectivity index (χ0v) is 20.7. The Bertz CT molecular complexity index is 1380. The van der Waals surface area contributed by atoms with E-state index in [1.54, 1.807) is 25.5 Å². The van der Waals surface area contributed by atoms with Crippen LogP contribution < -0.4 is 19.6 Å². The molecule has 0 bridgehead atoms. The number of nitrogens with one attached hydrogen (secondary N) is 1. The number of hydrogen-bond donors (Lipinski definition) is 1. The van der Waals surface area contributed by atoms with E-state index in [2.05, 4.69) is 17.5 Å². The third-order valence-corrected chi connectivity index (χ3v) is 5.43. The highest BCUT2D eigenvalue weighted by Gasteiger charge is 2.14. The van der Waals surface area contributed by atoms with Crippen LogP contribution in [0.4, 0.5) is 0 Å². The van der Waals surface area contributed by atoms with Crippen LogP contribution in [0.15, 0.2) is 77.9 Å². The first kappa shape index (κ1) is 24.7. The van der Waals surface area contributed by atoms with E-state index >= 15 is 0 Å². The van der Waals surface area contributed by atoms with E-state index in [9.17, 15) is 4.79 Å². The van der Waals surface area contributed by atoms with Crippen LogP contribution in [0.3, 0.4) is 0 Å². The quantitative estimate of drug-likeness (QED) is 0.226. The molecule has 4 rings (SSSR count). The Labute approximate surface area is 210 Å². The number of rotatable bonds is 10. The lowest BCUT2D eigenvalue weighted by Gasteiger charge is -2.11. The minimum Gasteiger partial charge on any atom is -0.494 e. The Morgan fingerprint density at radius 2 is 1.83 bits per heavy atom. The number of fused-ring (bicyclic) bond motifs is 1. The molecule has 4 aromatic rings. The molecule has 1 aromatic heterocycles. The van der Waals surface area contributed by atoms with Gasteiger partial charge in [0.1, 0.15) is 5.75 Å². The van der Waals surface area contributed by atoms with Crippen LogP contribution >= 0.6 is 0 Å². The number of carbonyl (C=O) groups is 1. The summed E-state index contributed by atoms with van der Waals surface area (Å²) in [6.45, 7) is 5.16. The molecule has 0 aliphatic carbocycles. The Hall–Kier alpha value is -4.39. The van der Waals surface area contributed by atoms with Crippen molar-refractivity contribution in [2.75, 3.05) is 20.3 Å². The first-order chi connectivity index (χ1) is 17.6. The molecule has 7 heteroatoms. The van der Waals surface area contributed by atoms with Crippen LogP contribution in [-0.2, 0) is 0 Å². The lowest BCUT2D eigenvalue weighted by Crippen LogP contribution is -2.18. The number of hydrogen-bond acceptors (Lipinski definition) is 6. The molecule has 0 atom stereocenters. The SMILES string of the molecule is CCCOc1cccc(-c2cc(C(=O)N/N=C\c3ccc(OCC)c(OC)c3)c3ccccc3n2)c1. The summed E-state index contributed by atoms with van der Waals surface area (Å²) in [7, 11) is 1.58. The third kappa shape index (κ3) is 5.81. The van der Waals surface area contributed by atoms with Gasteiger partial charge in [0.05, 0.1) is 43.3 Å². The van der Waals surface area contributed by atoms with E-state index in [1.165, 1.54) is 0 Å². The fourth-order valence-electron chi connectivity index (χ4n) is 3.74. The zero-order chi connectivity index (χ0) is 25.3. The molecule has 1 amide bonds. The van der Waals surface area contributed by atoms with E-state index in [0.29, 0.717) is 36.0 Å². The molecule has 0 aliphatic rings. The Kier molecular flexibility index (Phi) is 8.13. The molecule has 0 aliphatic heterocycles. The van der Waals surface area contributed by atoms with Crippen molar-refractivity contribution in [3.8, 4) is 28.5 Å². The van der Waals surface area contributed by atoms with E-state index < -0.39 is 0 Å². The van der Waals surface area contributed by atoms with E-state index in [-0.39, 0.29) is 5.91 Å². The van der Waals surface area contributed by atoms with Gasteiger partial charge in [-0.2, -0.15) is 5.10 Å². The molecule has 0 unspecified atom stereocenters. The fourth-order valence-corrected chi connectivity index (χ4v) is 3.74. The molecule has 3 aromatic carbocycles. The number of methoxy groups -OCH3 is 1. The third-order valence-electron chi connectivity index (χ3n) is 5.43. The maximum Gasteiger partial charge on any atom is 0.272 e. The molecule has 0 saturated heterocycles. The van der Waals surface area contributed by atoms with Gasteiger partial charge in [0.15, 0.2) is 11.5 Å². The molecule has 7 nitrogen and oxygen atoms in total. The smallest absolute Gasteiger partial charge is 0.272 e. The van der Waals surface area contributed by atoms with Gasteiger partial charge < -0.3 is 14.2 Å². The summed E-state index contributed by atoms with van der Waals surface area (Å²) in [5.74, 6) is 1.69. The van der Waals surface area contributed by atoms with E-state index in [4.69, 9.17) is 19.2 Å². The summed E-state index contributed by atoms with van der Waals surface area (Å²) >= 11 is 0. The van der Waals surface area contributed by atoms with Gasteiger partial charge in [-0.1, -0.05) is 37.3 Å². The van der Waals surface area contributed by atoms with Crippen molar-refractivity contribution < 1.29 is 19.0 Å². The van der Waals surface area contributed by atoms with Gasteiger partial charge in [-0.15, -0.1) is 0 Å². The van der Waals surface area contributed by atoms with Gasteiger partial charge in [-0.3, -0.25) is 4.79 Å². The van der Waals surface area contributed by atoms with E-state index in [0.717, 1.165) is 34.2 Å². The fraction of sp³-hybridized carbons (Fsp3) is 0.207. The van der Waals surface area contributed by atoms with Crippen molar-refractivity contribution >= 4 is 23.0 Å². The number of ether oxygens (including phenoxy) is 3. The zero-order valence-electron chi connectivity index (χ0n) is 20.7. The average Bonchev–Trinajstić information content (AvgIpc) is 2.92. The maximum atomic E-state index is 13.2. The van der Waals surface area contributed by atoms with Gasteiger partial charge in [-0.05, 0) is 61.4 Å². The molecule has 0 saturated carbocycles. The Morgan fingerprint density at radius 1 is 0.972 bits per heavy atom.